The van der Waals surface area contributed by atoms with E-state index in [9.17, 15) is 0 Å². The van der Waals surface area contributed by atoms with Gasteiger partial charge in [-0.25, -0.2) is 4.98 Å². The van der Waals surface area contributed by atoms with Crippen LogP contribution in [0, 0.1) is 11.8 Å². The first-order valence-electron chi connectivity index (χ1n) is 7.27. The van der Waals surface area contributed by atoms with Gasteiger partial charge < -0.3 is 9.30 Å². The summed E-state index contributed by atoms with van der Waals surface area (Å²) < 4.78 is 7.78. The second-order valence-electron chi connectivity index (χ2n) is 5.84. The Morgan fingerprint density at radius 3 is 2.75 bits per heavy atom. The molecule has 1 aliphatic carbocycles. The maximum Gasteiger partial charge on any atom is 0.146 e. The molecule has 1 aromatic carbocycles. The summed E-state index contributed by atoms with van der Waals surface area (Å²) >= 11 is 6.14. The van der Waals surface area contributed by atoms with Crippen LogP contribution in [0.4, 0.5) is 0 Å². The van der Waals surface area contributed by atoms with Crippen LogP contribution in [-0.2, 0) is 5.88 Å². The van der Waals surface area contributed by atoms with Gasteiger partial charge in [-0.05, 0) is 36.8 Å². The van der Waals surface area contributed by atoms with Crippen LogP contribution in [0.15, 0.2) is 18.2 Å². The average Bonchev–Trinajstić information content (AvgIpc) is 2.99. The zero-order chi connectivity index (χ0) is 14.3. The molecule has 3 rings (SSSR count). The van der Waals surface area contributed by atoms with Crippen molar-refractivity contribution in [2.24, 2.45) is 11.8 Å². The van der Waals surface area contributed by atoms with Gasteiger partial charge in [-0.1, -0.05) is 19.9 Å². The summed E-state index contributed by atoms with van der Waals surface area (Å²) in [5.41, 5.74) is 2.07. The summed E-state index contributed by atoms with van der Waals surface area (Å²) in [6.45, 7) is 4.68. The van der Waals surface area contributed by atoms with Crippen molar-refractivity contribution in [1.29, 1.82) is 0 Å². The van der Waals surface area contributed by atoms with Crippen molar-refractivity contribution in [3.05, 3.63) is 24.0 Å². The van der Waals surface area contributed by atoms with Gasteiger partial charge in [0.1, 0.15) is 17.1 Å². The van der Waals surface area contributed by atoms with E-state index in [1.807, 2.05) is 12.1 Å². The second kappa shape index (κ2) is 5.28. The Labute approximate surface area is 124 Å². The lowest BCUT2D eigenvalue weighted by Crippen LogP contribution is -2.16. The van der Waals surface area contributed by atoms with Gasteiger partial charge in [0.2, 0.25) is 0 Å². The standard InChI is InChI=1S/C16H21ClN2O/c1-10-7-8-12(11(10)2)19-13-5-4-6-14(20-3)16(13)18-15(19)9-17/h4-6,10-12H,7-9H2,1-3H3. The molecule has 0 N–H and O–H groups in total. The Hall–Kier alpha value is -1.22. The third-order valence-electron chi connectivity index (χ3n) is 4.85. The van der Waals surface area contributed by atoms with Crippen LogP contribution in [0.5, 0.6) is 5.75 Å². The molecule has 4 heteroatoms. The zero-order valence-electron chi connectivity index (χ0n) is 12.3. The summed E-state index contributed by atoms with van der Waals surface area (Å²) in [5.74, 6) is 3.63. The van der Waals surface area contributed by atoms with Crippen LogP contribution in [0.1, 0.15) is 38.6 Å². The number of para-hydroxylation sites is 1. The quantitative estimate of drug-likeness (QED) is 0.785. The molecule has 20 heavy (non-hydrogen) atoms. The monoisotopic (exact) mass is 292 g/mol. The van der Waals surface area contributed by atoms with E-state index in [0.29, 0.717) is 17.8 Å². The fraction of sp³-hybridized carbons (Fsp3) is 0.562. The lowest BCUT2D eigenvalue weighted by molar-refractivity contribution is 0.354. The van der Waals surface area contributed by atoms with Crippen molar-refractivity contribution in [2.75, 3.05) is 7.11 Å². The third-order valence-corrected chi connectivity index (χ3v) is 5.09. The topological polar surface area (TPSA) is 27.1 Å². The van der Waals surface area contributed by atoms with Crippen LogP contribution < -0.4 is 4.74 Å². The molecule has 3 nitrogen and oxygen atoms in total. The van der Waals surface area contributed by atoms with Crippen molar-refractivity contribution in [1.82, 2.24) is 9.55 Å². The highest BCUT2D eigenvalue weighted by atomic mass is 35.5. The zero-order valence-corrected chi connectivity index (χ0v) is 13.0. The number of hydrogen-bond acceptors (Lipinski definition) is 2. The number of nitrogens with zero attached hydrogens (tertiary/aromatic N) is 2. The molecule has 3 unspecified atom stereocenters. The minimum atomic E-state index is 0.440. The number of aromatic nitrogens is 2. The Kier molecular flexibility index (Phi) is 3.63. The number of fused-ring (bicyclic) bond motifs is 1. The number of imidazole rings is 1. The fourth-order valence-electron chi connectivity index (χ4n) is 3.47. The van der Waals surface area contributed by atoms with Crippen molar-refractivity contribution >= 4 is 22.6 Å². The normalized spacial score (nSPS) is 26.3. The molecule has 1 heterocycles. The summed E-state index contributed by atoms with van der Waals surface area (Å²) in [6, 6.07) is 6.60. The molecule has 0 saturated heterocycles. The molecule has 0 bridgehead atoms. The first kappa shape index (κ1) is 13.7. The van der Waals surface area contributed by atoms with E-state index in [0.717, 1.165) is 28.5 Å². The van der Waals surface area contributed by atoms with Gasteiger partial charge in [-0.3, -0.25) is 0 Å². The Balaban J connectivity index is 2.19. The second-order valence-corrected chi connectivity index (χ2v) is 6.11. The van der Waals surface area contributed by atoms with Crippen LogP contribution >= 0.6 is 11.6 Å². The van der Waals surface area contributed by atoms with Gasteiger partial charge in [0.05, 0.1) is 18.5 Å². The molecular formula is C16H21ClN2O. The van der Waals surface area contributed by atoms with Gasteiger partial charge in [0, 0.05) is 6.04 Å². The number of hydrogen-bond donors (Lipinski definition) is 0. The van der Waals surface area contributed by atoms with E-state index < -0.39 is 0 Å². The van der Waals surface area contributed by atoms with E-state index in [1.165, 1.54) is 12.8 Å². The predicted molar refractivity (Wildman–Crippen MR) is 82.4 cm³/mol. The molecule has 1 aromatic heterocycles. The highest BCUT2D eigenvalue weighted by molar-refractivity contribution is 6.16. The number of halogens is 1. The smallest absolute Gasteiger partial charge is 0.146 e. The first-order valence-corrected chi connectivity index (χ1v) is 7.80. The molecule has 0 amide bonds. The van der Waals surface area contributed by atoms with Gasteiger partial charge in [0.25, 0.3) is 0 Å². The van der Waals surface area contributed by atoms with Crippen molar-refractivity contribution < 1.29 is 4.74 Å². The summed E-state index contributed by atoms with van der Waals surface area (Å²) in [7, 11) is 1.69. The van der Waals surface area contributed by atoms with E-state index in [2.05, 4.69) is 24.5 Å². The molecule has 0 radical (unpaired) electrons. The number of methoxy groups -OCH3 is 1. The van der Waals surface area contributed by atoms with Crippen molar-refractivity contribution in [2.45, 2.75) is 38.6 Å². The maximum atomic E-state index is 6.14. The molecular weight excluding hydrogens is 272 g/mol. The van der Waals surface area contributed by atoms with Gasteiger partial charge >= 0.3 is 0 Å². The molecule has 0 aliphatic heterocycles. The van der Waals surface area contributed by atoms with Crippen molar-refractivity contribution in [3.63, 3.8) is 0 Å². The van der Waals surface area contributed by atoms with Crippen LogP contribution in [0.25, 0.3) is 11.0 Å². The SMILES string of the molecule is COc1cccc2c1nc(CCl)n2C1CCC(C)C1C. The van der Waals surface area contributed by atoms with Gasteiger partial charge in [0.15, 0.2) is 0 Å². The first-order chi connectivity index (χ1) is 9.67. The number of ether oxygens (including phenoxy) is 1. The van der Waals surface area contributed by atoms with Crippen LogP contribution in [0.3, 0.4) is 0 Å². The number of rotatable bonds is 3. The lowest BCUT2D eigenvalue weighted by Gasteiger charge is -2.22. The highest BCUT2D eigenvalue weighted by Crippen LogP contribution is 2.42. The third kappa shape index (κ3) is 1.99. The molecule has 108 valence electrons. The summed E-state index contributed by atoms with van der Waals surface area (Å²) in [6.07, 6.45) is 2.48. The minimum Gasteiger partial charge on any atom is -0.494 e. The number of benzene rings is 1. The molecule has 3 atom stereocenters. The van der Waals surface area contributed by atoms with E-state index in [1.54, 1.807) is 7.11 Å². The van der Waals surface area contributed by atoms with E-state index in [4.69, 9.17) is 21.3 Å². The van der Waals surface area contributed by atoms with Crippen molar-refractivity contribution in [3.8, 4) is 5.75 Å². The molecule has 2 aromatic rings. The fourth-order valence-corrected chi connectivity index (χ4v) is 3.66. The van der Waals surface area contributed by atoms with E-state index >= 15 is 0 Å². The summed E-state index contributed by atoms with van der Waals surface area (Å²) in [4.78, 5) is 4.71. The Morgan fingerprint density at radius 2 is 2.15 bits per heavy atom. The predicted octanol–water partition coefficient (Wildman–Crippen LogP) is 4.39. The van der Waals surface area contributed by atoms with Gasteiger partial charge in [-0.15, -0.1) is 11.6 Å². The lowest BCUT2D eigenvalue weighted by atomic mass is 9.97. The van der Waals surface area contributed by atoms with E-state index in [-0.39, 0.29) is 0 Å². The highest BCUT2D eigenvalue weighted by Gasteiger charge is 2.33. The minimum absolute atomic E-state index is 0.440. The van der Waals surface area contributed by atoms with Crippen LogP contribution in [-0.4, -0.2) is 16.7 Å². The van der Waals surface area contributed by atoms with Gasteiger partial charge in [-0.2, -0.15) is 0 Å². The number of alkyl halides is 1. The Morgan fingerprint density at radius 1 is 1.35 bits per heavy atom. The average molecular weight is 293 g/mol. The van der Waals surface area contributed by atoms with Crippen LogP contribution in [0.2, 0.25) is 0 Å². The molecule has 1 saturated carbocycles. The molecule has 1 fully saturated rings. The largest absolute Gasteiger partial charge is 0.494 e. The summed E-state index contributed by atoms with van der Waals surface area (Å²) in [5, 5.41) is 0. The molecule has 0 spiro atoms. The maximum absolute atomic E-state index is 6.14. The molecule has 1 aliphatic rings. The Bertz CT molecular complexity index is 622.